The van der Waals surface area contributed by atoms with Crippen molar-refractivity contribution >= 4 is 46.4 Å². The second kappa shape index (κ2) is 27.3. The minimum absolute atomic E-state index is 0. The number of methoxy groups -OCH3 is 2. The molecule has 2 rings (SSSR count). The number of aliphatic hydroxyl groups is 1. The Balaban J connectivity index is 0. The van der Waals surface area contributed by atoms with Crippen molar-refractivity contribution < 1.29 is 33.8 Å². The zero-order valence-electron chi connectivity index (χ0n) is 33.0. The standard InChI is InChI=1S/C18H29N5O3S.C17H27N5O4S.2CH4/c1-7-11(4)15(22-23-19)16(24)20-13(10(2)3)8-12(5)17-21-14(9-27-17)18(25)26-6;1-6-10(4)14(21-22-18)15(24)19-11(9(2)3)7-13(23)16-20-12(8-27-16)17(25)26-5;;/h9-13,15H,7-8H2,1-6H3,(H,20,24);8-11,13-14,23H,6-7H2,1-5H3,(H,19,24);2*1H4/t11-,12+,13+,15-;10-,11+,13+,14?;;/m00../s1. The lowest BCUT2D eigenvalue weighted by molar-refractivity contribution is -0.125. The van der Waals surface area contributed by atoms with Gasteiger partial charge in [-0.1, -0.05) is 100 Å². The van der Waals surface area contributed by atoms with E-state index in [0.29, 0.717) is 23.5 Å². The summed E-state index contributed by atoms with van der Waals surface area (Å²) in [5.41, 5.74) is 17.9. The summed E-state index contributed by atoms with van der Waals surface area (Å²) in [7, 11) is 2.59. The SMILES string of the molecule is C.C.CC[C@H](C)C(N=[N+]=[N-])C(=O)N[C@H](C[C@@H](O)c1nc(C(=O)OC)cs1)C(C)C.CC[C@H](C)[C@H](N=[N+]=[N-])C(=O)N[C@H](C[C@@H](C)c1nc(C(=O)OC)cs1)C(C)C. The molecule has 1 unspecified atom stereocenters. The molecule has 316 valence electrons. The Labute approximate surface area is 340 Å². The highest BCUT2D eigenvalue weighted by molar-refractivity contribution is 7.10. The minimum Gasteiger partial charge on any atom is -0.464 e. The van der Waals surface area contributed by atoms with Crippen molar-refractivity contribution in [2.75, 3.05) is 14.2 Å². The molecule has 2 amide bonds. The van der Waals surface area contributed by atoms with Gasteiger partial charge in [-0.15, -0.1) is 22.7 Å². The maximum atomic E-state index is 12.6. The first-order valence-electron chi connectivity index (χ1n) is 17.9. The number of carbonyl (C=O) groups excluding carboxylic acids is 4. The van der Waals surface area contributed by atoms with Crippen LogP contribution in [0.1, 0.15) is 146 Å². The van der Waals surface area contributed by atoms with E-state index in [1.54, 1.807) is 5.38 Å². The molecule has 0 aliphatic carbocycles. The van der Waals surface area contributed by atoms with Crippen molar-refractivity contribution in [1.82, 2.24) is 20.6 Å². The van der Waals surface area contributed by atoms with Crippen LogP contribution in [-0.2, 0) is 19.1 Å². The summed E-state index contributed by atoms with van der Waals surface area (Å²) in [6.45, 7) is 17.6. The molecule has 2 aromatic heterocycles. The zero-order valence-corrected chi connectivity index (χ0v) is 34.7. The molecule has 2 aromatic rings. The average Bonchev–Trinajstić information content (AvgIpc) is 3.86. The summed E-state index contributed by atoms with van der Waals surface area (Å²) < 4.78 is 9.30. The molecule has 0 aliphatic rings. The fourth-order valence-electron chi connectivity index (χ4n) is 5.11. The molecule has 8 atom stereocenters. The number of aromatic nitrogens is 2. The molecule has 0 saturated carbocycles. The Kier molecular flexibility index (Phi) is 26.3. The highest BCUT2D eigenvalue weighted by atomic mass is 32.1. The maximum Gasteiger partial charge on any atom is 0.357 e. The third-order valence-electron chi connectivity index (χ3n) is 9.14. The van der Waals surface area contributed by atoms with Gasteiger partial charge in [0.05, 0.1) is 19.2 Å². The summed E-state index contributed by atoms with van der Waals surface area (Å²) in [6.07, 6.45) is 1.39. The van der Waals surface area contributed by atoms with Crippen LogP contribution >= 0.6 is 22.7 Å². The molecule has 0 aliphatic heterocycles. The van der Waals surface area contributed by atoms with Gasteiger partial charge in [-0.05, 0) is 41.2 Å². The Hall–Kier alpha value is -4.28. The topological polar surface area (TPSA) is 254 Å². The van der Waals surface area contributed by atoms with Crippen LogP contribution in [0, 0.1) is 23.7 Å². The van der Waals surface area contributed by atoms with Gasteiger partial charge in [0.2, 0.25) is 11.8 Å². The van der Waals surface area contributed by atoms with Crippen LogP contribution in [0.2, 0.25) is 0 Å². The number of aliphatic hydroxyl groups excluding tert-OH is 1. The predicted octanol–water partition coefficient (Wildman–Crippen LogP) is 8.78. The molecular formula is C37H64N10O7S2. The highest BCUT2D eigenvalue weighted by Crippen LogP contribution is 2.28. The number of esters is 2. The first-order chi connectivity index (χ1) is 25.5. The summed E-state index contributed by atoms with van der Waals surface area (Å²) in [4.78, 5) is 62.3. The number of hydrogen-bond donors (Lipinski definition) is 3. The number of carbonyl (C=O) groups is 4. The fraction of sp³-hybridized carbons (Fsp3) is 0.730. The summed E-state index contributed by atoms with van der Waals surface area (Å²) in [5, 5.41) is 28.1. The molecule has 0 saturated heterocycles. The minimum atomic E-state index is -0.942. The van der Waals surface area contributed by atoms with E-state index >= 15 is 0 Å². The predicted molar refractivity (Wildman–Crippen MR) is 221 cm³/mol. The Morgan fingerprint density at radius 1 is 0.732 bits per heavy atom. The Bertz CT molecular complexity index is 1490. The average molecular weight is 825 g/mol. The number of nitrogens with zero attached hydrogens (tertiary/aromatic N) is 8. The fourth-order valence-corrected chi connectivity index (χ4v) is 6.76. The Morgan fingerprint density at radius 2 is 1.11 bits per heavy atom. The molecule has 0 aromatic carbocycles. The van der Waals surface area contributed by atoms with Gasteiger partial charge < -0.3 is 25.2 Å². The summed E-state index contributed by atoms with van der Waals surface area (Å²) >= 11 is 2.56. The first kappa shape index (κ1) is 53.8. The zero-order chi connectivity index (χ0) is 41.1. The van der Waals surface area contributed by atoms with Crippen molar-refractivity contribution in [2.45, 2.75) is 139 Å². The molecule has 0 fully saturated rings. The number of rotatable bonds is 20. The van der Waals surface area contributed by atoms with Gasteiger partial charge in [0.1, 0.15) is 23.2 Å². The van der Waals surface area contributed by atoms with E-state index in [1.165, 1.54) is 30.9 Å². The van der Waals surface area contributed by atoms with E-state index in [1.807, 2.05) is 62.3 Å². The molecule has 0 spiro atoms. The number of nitrogens with one attached hydrogen (secondary N) is 2. The van der Waals surface area contributed by atoms with E-state index in [4.69, 9.17) is 15.8 Å². The van der Waals surface area contributed by atoms with Gasteiger partial charge in [0.15, 0.2) is 11.4 Å². The van der Waals surface area contributed by atoms with Gasteiger partial charge in [-0.25, -0.2) is 19.6 Å². The normalized spacial score (nSPS) is 14.8. The molecule has 3 N–H and O–H groups in total. The smallest absolute Gasteiger partial charge is 0.357 e. The first-order valence-corrected chi connectivity index (χ1v) is 19.7. The largest absolute Gasteiger partial charge is 0.464 e. The van der Waals surface area contributed by atoms with Crippen LogP contribution in [0.5, 0.6) is 0 Å². The third kappa shape index (κ3) is 16.8. The lowest BCUT2D eigenvalue weighted by atomic mass is 9.92. The lowest BCUT2D eigenvalue weighted by Crippen LogP contribution is -2.45. The number of amides is 2. The van der Waals surface area contributed by atoms with Crippen molar-refractivity contribution in [2.24, 2.45) is 33.9 Å². The number of ether oxygens (including phenoxy) is 2. The number of thiazole rings is 2. The molecule has 17 nitrogen and oxygen atoms in total. The van der Waals surface area contributed by atoms with E-state index in [9.17, 15) is 24.3 Å². The molecule has 19 heteroatoms. The molecule has 0 radical (unpaired) electrons. The van der Waals surface area contributed by atoms with Crippen LogP contribution in [-0.4, -0.2) is 77.2 Å². The van der Waals surface area contributed by atoms with Crippen LogP contribution in [0.15, 0.2) is 21.0 Å². The van der Waals surface area contributed by atoms with Crippen LogP contribution in [0.4, 0.5) is 0 Å². The molecular weight excluding hydrogens is 761 g/mol. The number of hydrogen-bond acceptors (Lipinski definition) is 13. The third-order valence-corrected chi connectivity index (χ3v) is 11.2. The Morgan fingerprint density at radius 3 is 1.46 bits per heavy atom. The quantitative estimate of drug-likeness (QED) is 0.0498. The van der Waals surface area contributed by atoms with Crippen molar-refractivity contribution in [3.63, 3.8) is 0 Å². The summed E-state index contributed by atoms with van der Waals surface area (Å²) in [6, 6.07) is -1.97. The maximum absolute atomic E-state index is 12.6. The van der Waals surface area contributed by atoms with Gasteiger partial charge in [0.25, 0.3) is 0 Å². The van der Waals surface area contributed by atoms with Crippen molar-refractivity contribution in [1.29, 1.82) is 0 Å². The summed E-state index contributed by atoms with van der Waals surface area (Å²) in [5.74, 6) is -1.47. The molecule has 56 heavy (non-hydrogen) atoms. The monoisotopic (exact) mass is 824 g/mol. The molecule has 0 bridgehead atoms. The van der Waals surface area contributed by atoms with Crippen molar-refractivity contribution in [3.8, 4) is 0 Å². The van der Waals surface area contributed by atoms with E-state index in [-0.39, 0.29) is 80.5 Å². The van der Waals surface area contributed by atoms with Gasteiger partial charge in [-0.3, -0.25) is 9.59 Å². The second-order valence-electron chi connectivity index (χ2n) is 13.8. The highest BCUT2D eigenvalue weighted by Gasteiger charge is 2.30. The van der Waals surface area contributed by atoms with Gasteiger partial charge >= 0.3 is 11.9 Å². The van der Waals surface area contributed by atoms with Crippen LogP contribution < -0.4 is 10.6 Å². The van der Waals surface area contributed by atoms with E-state index in [0.717, 1.165) is 22.8 Å². The van der Waals surface area contributed by atoms with Crippen LogP contribution in [0.25, 0.3) is 20.9 Å². The van der Waals surface area contributed by atoms with E-state index in [2.05, 4.69) is 45.4 Å². The lowest BCUT2D eigenvalue weighted by Gasteiger charge is -2.27. The van der Waals surface area contributed by atoms with E-state index < -0.39 is 30.1 Å². The van der Waals surface area contributed by atoms with Crippen molar-refractivity contribution in [3.05, 3.63) is 53.0 Å². The second-order valence-corrected chi connectivity index (χ2v) is 15.6. The molecule has 2 heterocycles. The van der Waals surface area contributed by atoms with Gasteiger partial charge in [-0.2, -0.15) is 0 Å². The number of azide groups is 2. The van der Waals surface area contributed by atoms with Crippen LogP contribution in [0.3, 0.4) is 0 Å². The van der Waals surface area contributed by atoms with Gasteiger partial charge in [0, 0.05) is 45.0 Å².